The zero-order valence-electron chi connectivity index (χ0n) is 10.7. The maximum Gasteiger partial charge on any atom is 0.141 e. The molecule has 0 unspecified atom stereocenters. The number of nitrogens with zero attached hydrogens (tertiary/aromatic N) is 3. The van der Waals surface area contributed by atoms with Gasteiger partial charge in [0.1, 0.15) is 18.0 Å². The molecule has 1 aromatic heterocycles. The molecular formula is C13H17FN4. The first-order chi connectivity index (χ1) is 8.70. The summed E-state index contributed by atoms with van der Waals surface area (Å²) in [7, 11) is 0. The Labute approximate surface area is 106 Å². The number of nitrogens with one attached hydrogen (secondary N) is 1. The molecular weight excluding hydrogens is 231 g/mol. The fourth-order valence-electron chi connectivity index (χ4n) is 1.77. The van der Waals surface area contributed by atoms with Crippen LogP contribution >= 0.6 is 0 Å². The van der Waals surface area contributed by atoms with E-state index in [1.807, 2.05) is 13.8 Å². The molecule has 1 aromatic carbocycles. The van der Waals surface area contributed by atoms with Crippen LogP contribution in [0.25, 0.3) is 0 Å². The predicted molar refractivity (Wildman–Crippen MR) is 67.6 cm³/mol. The van der Waals surface area contributed by atoms with Crippen molar-refractivity contribution in [3.8, 4) is 0 Å². The second kappa shape index (κ2) is 5.73. The Morgan fingerprint density at radius 2 is 2.22 bits per heavy atom. The van der Waals surface area contributed by atoms with Crippen LogP contribution in [0.4, 0.5) is 4.39 Å². The van der Waals surface area contributed by atoms with Crippen LogP contribution in [0, 0.1) is 12.7 Å². The molecule has 0 aliphatic carbocycles. The molecule has 0 spiro atoms. The second-order valence-corrected chi connectivity index (χ2v) is 4.19. The van der Waals surface area contributed by atoms with E-state index in [0.29, 0.717) is 13.1 Å². The molecule has 5 heteroatoms. The van der Waals surface area contributed by atoms with Crippen molar-refractivity contribution < 1.29 is 4.39 Å². The van der Waals surface area contributed by atoms with Crippen molar-refractivity contribution in [2.45, 2.75) is 26.9 Å². The minimum atomic E-state index is -0.219. The van der Waals surface area contributed by atoms with Crippen molar-refractivity contribution in [2.75, 3.05) is 6.54 Å². The molecule has 0 amide bonds. The van der Waals surface area contributed by atoms with E-state index in [1.165, 1.54) is 12.4 Å². The van der Waals surface area contributed by atoms with Gasteiger partial charge in [-0.2, -0.15) is 5.10 Å². The molecule has 0 atom stereocenters. The van der Waals surface area contributed by atoms with Crippen LogP contribution in [0.1, 0.15) is 23.9 Å². The summed E-state index contributed by atoms with van der Waals surface area (Å²) in [5.74, 6) is 0.643. The molecule has 18 heavy (non-hydrogen) atoms. The topological polar surface area (TPSA) is 42.7 Å². The SMILES string of the molecule is CCNCc1ncnn1Cc1cc(F)ccc1C. The Morgan fingerprint density at radius 3 is 3.00 bits per heavy atom. The lowest BCUT2D eigenvalue weighted by molar-refractivity contribution is 0.587. The third-order valence-corrected chi connectivity index (χ3v) is 2.86. The van der Waals surface area contributed by atoms with Crippen molar-refractivity contribution in [2.24, 2.45) is 0 Å². The number of benzene rings is 1. The fraction of sp³-hybridized carbons (Fsp3) is 0.385. The van der Waals surface area contributed by atoms with Gasteiger partial charge in [0, 0.05) is 0 Å². The molecule has 2 aromatic rings. The molecule has 96 valence electrons. The van der Waals surface area contributed by atoms with Gasteiger partial charge in [-0.15, -0.1) is 0 Å². The van der Waals surface area contributed by atoms with Crippen LogP contribution in [0.3, 0.4) is 0 Å². The minimum Gasteiger partial charge on any atom is -0.310 e. The molecule has 0 bridgehead atoms. The monoisotopic (exact) mass is 248 g/mol. The van der Waals surface area contributed by atoms with Gasteiger partial charge in [0.25, 0.3) is 0 Å². The number of hydrogen-bond acceptors (Lipinski definition) is 3. The van der Waals surface area contributed by atoms with E-state index in [9.17, 15) is 4.39 Å². The standard InChI is InChI=1S/C13H17FN4/c1-3-15-7-13-16-9-17-18(13)8-11-6-12(14)5-4-10(11)2/h4-6,9,15H,3,7-8H2,1-2H3. The van der Waals surface area contributed by atoms with E-state index in [4.69, 9.17) is 0 Å². The number of rotatable bonds is 5. The van der Waals surface area contributed by atoms with E-state index in [-0.39, 0.29) is 5.82 Å². The summed E-state index contributed by atoms with van der Waals surface area (Å²) in [6.45, 7) is 6.11. The maximum atomic E-state index is 13.2. The van der Waals surface area contributed by atoms with Crippen molar-refractivity contribution in [3.63, 3.8) is 0 Å². The molecule has 0 fully saturated rings. The summed E-state index contributed by atoms with van der Waals surface area (Å²) in [5.41, 5.74) is 1.99. The van der Waals surface area contributed by atoms with Gasteiger partial charge in [0.15, 0.2) is 0 Å². The Morgan fingerprint density at radius 1 is 1.39 bits per heavy atom. The third-order valence-electron chi connectivity index (χ3n) is 2.86. The summed E-state index contributed by atoms with van der Waals surface area (Å²) in [6, 6.07) is 4.80. The molecule has 0 saturated heterocycles. The first-order valence-electron chi connectivity index (χ1n) is 6.03. The number of halogens is 1. The lowest BCUT2D eigenvalue weighted by atomic mass is 10.1. The van der Waals surface area contributed by atoms with E-state index >= 15 is 0 Å². The van der Waals surface area contributed by atoms with Crippen molar-refractivity contribution in [1.29, 1.82) is 0 Å². The van der Waals surface area contributed by atoms with Gasteiger partial charge in [0.2, 0.25) is 0 Å². The van der Waals surface area contributed by atoms with Crippen molar-refractivity contribution in [3.05, 3.63) is 47.3 Å². The van der Waals surface area contributed by atoms with Crippen LogP contribution in [-0.4, -0.2) is 21.3 Å². The van der Waals surface area contributed by atoms with E-state index in [2.05, 4.69) is 15.4 Å². The van der Waals surface area contributed by atoms with Crippen LogP contribution in [0.15, 0.2) is 24.5 Å². The highest BCUT2D eigenvalue weighted by Crippen LogP contribution is 2.12. The maximum absolute atomic E-state index is 13.2. The molecule has 0 aliphatic heterocycles. The highest BCUT2D eigenvalue weighted by molar-refractivity contribution is 5.26. The van der Waals surface area contributed by atoms with E-state index in [0.717, 1.165) is 23.5 Å². The average molecular weight is 248 g/mol. The minimum absolute atomic E-state index is 0.219. The Balaban J connectivity index is 2.18. The third kappa shape index (κ3) is 2.92. The summed E-state index contributed by atoms with van der Waals surface area (Å²) in [6.07, 6.45) is 1.53. The van der Waals surface area contributed by atoms with Gasteiger partial charge in [0.05, 0.1) is 13.1 Å². The summed E-state index contributed by atoms with van der Waals surface area (Å²) in [4.78, 5) is 4.20. The molecule has 1 heterocycles. The first-order valence-corrected chi connectivity index (χ1v) is 6.03. The normalized spacial score (nSPS) is 10.8. The highest BCUT2D eigenvalue weighted by Gasteiger charge is 2.07. The summed E-state index contributed by atoms with van der Waals surface area (Å²) < 4.78 is 15.0. The highest BCUT2D eigenvalue weighted by atomic mass is 19.1. The van der Waals surface area contributed by atoms with Crippen molar-refractivity contribution >= 4 is 0 Å². The number of hydrogen-bond donors (Lipinski definition) is 1. The fourth-order valence-corrected chi connectivity index (χ4v) is 1.77. The lowest BCUT2D eigenvalue weighted by Crippen LogP contribution is -2.17. The van der Waals surface area contributed by atoms with E-state index in [1.54, 1.807) is 16.8 Å². The Kier molecular flexibility index (Phi) is 4.04. The van der Waals surface area contributed by atoms with Crippen LogP contribution < -0.4 is 5.32 Å². The Hall–Kier alpha value is -1.75. The van der Waals surface area contributed by atoms with Crippen LogP contribution in [-0.2, 0) is 13.1 Å². The van der Waals surface area contributed by atoms with Gasteiger partial charge in [-0.3, -0.25) is 0 Å². The zero-order chi connectivity index (χ0) is 13.0. The van der Waals surface area contributed by atoms with Gasteiger partial charge < -0.3 is 5.32 Å². The predicted octanol–water partition coefficient (Wildman–Crippen LogP) is 1.88. The Bertz CT molecular complexity index is 521. The molecule has 2 rings (SSSR count). The summed E-state index contributed by atoms with van der Waals surface area (Å²) >= 11 is 0. The quantitative estimate of drug-likeness (QED) is 0.878. The number of aryl methyl sites for hydroxylation is 1. The van der Waals surface area contributed by atoms with Gasteiger partial charge in [-0.05, 0) is 36.7 Å². The van der Waals surface area contributed by atoms with Gasteiger partial charge in [-0.25, -0.2) is 14.1 Å². The molecule has 0 saturated carbocycles. The lowest BCUT2D eigenvalue weighted by Gasteiger charge is -2.09. The largest absolute Gasteiger partial charge is 0.310 e. The smallest absolute Gasteiger partial charge is 0.141 e. The zero-order valence-corrected chi connectivity index (χ0v) is 10.7. The van der Waals surface area contributed by atoms with Crippen LogP contribution in [0.5, 0.6) is 0 Å². The molecule has 4 nitrogen and oxygen atoms in total. The molecule has 1 N–H and O–H groups in total. The van der Waals surface area contributed by atoms with Crippen LogP contribution in [0.2, 0.25) is 0 Å². The summed E-state index contributed by atoms with van der Waals surface area (Å²) in [5, 5.41) is 7.38. The van der Waals surface area contributed by atoms with Gasteiger partial charge >= 0.3 is 0 Å². The van der Waals surface area contributed by atoms with E-state index < -0.39 is 0 Å². The first kappa shape index (κ1) is 12.7. The molecule has 0 aliphatic rings. The second-order valence-electron chi connectivity index (χ2n) is 4.19. The average Bonchev–Trinajstić information content (AvgIpc) is 2.79. The van der Waals surface area contributed by atoms with Crippen molar-refractivity contribution in [1.82, 2.24) is 20.1 Å². The molecule has 0 radical (unpaired) electrons. The number of aromatic nitrogens is 3. The van der Waals surface area contributed by atoms with Gasteiger partial charge in [-0.1, -0.05) is 13.0 Å².